The molecule has 0 saturated heterocycles. The molecule has 0 aliphatic carbocycles. The third kappa shape index (κ3) is 2.35. The molecule has 0 unspecified atom stereocenters. The van der Waals surface area contributed by atoms with Gasteiger partial charge in [0.1, 0.15) is 0 Å². The molecular weight excluding hydrogens is 193 g/mol. The summed E-state index contributed by atoms with van der Waals surface area (Å²) in [5.74, 6) is -1.19. The number of ether oxygens (including phenoxy) is 1. The van der Waals surface area contributed by atoms with Crippen molar-refractivity contribution in [3.05, 3.63) is 35.9 Å². The van der Waals surface area contributed by atoms with Crippen molar-refractivity contribution in [2.24, 2.45) is 4.99 Å². The van der Waals surface area contributed by atoms with Crippen LogP contribution in [0, 0.1) is 0 Å². The van der Waals surface area contributed by atoms with Crippen LogP contribution in [0.4, 0.5) is 4.39 Å². The Labute approximate surface area is 88.8 Å². The highest BCUT2D eigenvalue weighted by Crippen LogP contribution is 2.34. The molecule has 2 nitrogen and oxygen atoms in total. The minimum absolute atomic E-state index is 0.130. The molecule has 2 rings (SSSR count). The van der Waals surface area contributed by atoms with Crippen LogP contribution in [0.2, 0.25) is 0 Å². The van der Waals surface area contributed by atoms with E-state index in [2.05, 4.69) is 4.99 Å². The highest BCUT2D eigenvalue weighted by Gasteiger charge is 2.34. The molecule has 1 heterocycles. The predicted octanol–water partition coefficient (Wildman–Crippen LogP) is 3.25. The molecule has 0 saturated carbocycles. The molecule has 1 aliphatic rings. The van der Waals surface area contributed by atoms with E-state index in [1.165, 1.54) is 6.92 Å². The number of halogens is 1. The van der Waals surface area contributed by atoms with E-state index in [0.29, 0.717) is 5.90 Å². The second-order valence-corrected chi connectivity index (χ2v) is 3.98. The third-order valence-corrected chi connectivity index (χ3v) is 2.44. The highest BCUT2D eigenvalue weighted by atomic mass is 19.2. The van der Waals surface area contributed by atoms with Gasteiger partial charge in [-0.05, 0) is 5.56 Å². The largest absolute Gasteiger partial charge is 0.446 e. The van der Waals surface area contributed by atoms with Crippen molar-refractivity contribution in [3.63, 3.8) is 0 Å². The van der Waals surface area contributed by atoms with Crippen LogP contribution in [0.3, 0.4) is 0 Å². The molecule has 0 N–H and O–H groups in total. The van der Waals surface area contributed by atoms with E-state index in [1.54, 1.807) is 6.92 Å². The molecule has 1 aliphatic heterocycles. The van der Waals surface area contributed by atoms with Gasteiger partial charge in [0, 0.05) is 20.3 Å². The first kappa shape index (κ1) is 10.1. The van der Waals surface area contributed by atoms with Gasteiger partial charge in [-0.3, -0.25) is 0 Å². The molecule has 2 atom stereocenters. The summed E-state index contributed by atoms with van der Waals surface area (Å²) in [4.78, 5) is 4.30. The number of nitrogens with zero attached hydrogens (tertiary/aromatic N) is 1. The second-order valence-electron chi connectivity index (χ2n) is 3.98. The van der Waals surface area contributed by atoms with E-state index in [1.807, 2.05) is 30.3 Å². The summed E-state index contributed by atoms with van der Waals surface area (Å²) in [5.41, 5.74) is 1.03. The minimum atomic E-state index is -1.60. The van der Waals surface area contributed by atoms with Gasteiger partial charge in [0.2, 0.25) is 5.85 Å². The van der Waals surface area contributed by atoms with Crippen LogP contribution in [-0.2, 0) is 4.74 Å². The molecule has 80 valence electrons. The van der Waals surface area contributed by atoms with Crippen LogP contribution in [0.15, 0.2) is 35.3 Å². The van der Waals surface area contributed by atoms with E-state index >= 15 is 0 Å². The fourth-order valence-corrected chi connectivity index (χ4v) is 1.85. The first-order valence-corrected chi connectivity index (χ1v) is 5.04. The van der Waals surface area contributed by atoms with Crippen molar-refractivity contribution in [3.8, 4) is 0 Å². The van der Waals surface area contributed by atoms with Crippen molar-refractivity contribution in [1.29, 1.82) is 0 Å². The summed E-state index contributed by atoms with van der Waals surface area (Å²) >= 11 is 0. The van der Waals surface area contributed by atoms with Gasteiger partial charge in [0.15, 0.2) is 5.90 Å². The van der Waals surface area contributed by atoms with Crippen molar-refractivity contribution in [2.75, 3.05) is 0 Å². The van der Waals surface area contributed by atoms with Gasteiger partial charge in [0.05, 0.1) is 6.04 Å². The van der Waals surface area contributed by atoms with Crippen LogP contribution < -0.4 is 0 Å². The van der Waals surface area contributed by atoms with E-state index < -0.39 is 5.85 Å². The molecule has 0 amide bonds. The Balaban J connectivity index is 2.28. The van der Waals surface area contributed by atoms with Crippen LogP contribution in [-0.4, -0.2) is 11.8 Å². The monoisotopic (exact) mass is 207 g/mol. The summed E-state index contributed by atoms with van der Waals surface area (Å²) in [6, 6.07) is 9.60. The fraction of sp³-hybridized carbons (Fsp3) is 0.417. The average Bonchev–Trinajstić information content (AvgIpc) is 2.16. The minimum Gasteiger partial charge on any atom is -0.446 e. The first-order valence-electron chi connectivity index (χ1n) is 5.04. The summed E-state index contributed by atoms with van der Waals surface area (Å²) in [7, 11) is 0. The second kappa shape index (κ2) is 3.65. The van der Waals surface area contributed by atoms with E-state index in [9.17, 15) is 4.39 Å². The average molecular weight is 207 g/mol. The Kier molecular flexibility index (Phi) is 2.47. The Hall–Kier alpha value is -1.38. The van der Waals surface area contributed by atoms with Gasteiger partial charge in [-0.1, -0.05) is 30.3 Å². The first-order chi connectivity index (χ1) is 7.07. The van der Waals surface area contributed by atoms with Crippen molar-refractivity contribution in [1.82, 2.24) is 0 Å². The molecule has 0 aromatic heterocycles. The molecule has 1 aromatic rings. The van der Waals surface area contributed by atoms with Crippen LogP contribution >= 0.6 is 0 Å². The van der Waals surface area contributed by atoms with Crippen molar-refractivity contribution >= 4 is 5.90 Å². The highest BCUT2D eigenvalue weighted by molar-refractivity contribution is 5.74. The molecule has 3 heteroatoms. The van der Waals surface area contributed by atoms with Gasteiger partial charge in [-0.15, -0.1) is 0 Å². The predicted molar refractivity (Wildman–Crippen MR) is 57.5 cm³/mol. The van der Waals surface area contributed by atoms with Crippen LogP contribution in [0.25, 0.3) is 0 Å². The maximum absolute atomic E-state index is 13.8. The topological polar surface area (TPSA) is 21.6 Å². The number of hydrogen-bond donors (Lipinski definition) is 0. The SMILES string of the molecule is CC1=N[C@@H](c2ccccc2)C[C@](C)(F)O1. The smallest absolute Gasteiger partial charge is 0.249 e. The lowest BCUT2D eigenvalue weighted by Crippen LogP contribution is -2.31. The van der Waals surface area contributed by atoms with Gasteiger partial charge in [0.25, 0.3) is 0 Å². The Morgan fingerprint density at radius 1 is 1.40 bits per heavy atom. The number of benzene rings is 1. The standard InChI is InChI=1S/C12H14FNO/c1-9-14-11(8-12(2,13)15-9)10-6-4-3-5-7-10/h3-7,11H,8H2,1-2H3/t11-,12-/m1/s1. The molecular formula is C12H14FNO. The zero-order chi connectivity index (χ0) is 10.9. The Morgan fingerprint density at radius 2 is 2.07 bits per heavy atom. The summed E-state index contributed by atoms with van der Waals surface area (Å²) in [5, 5.41) is 0. The molecule has 0 radical (unpaired) electrons. The molecule has 1 aromatic carbocycles. The van der Waals surface area contributed by atoms with Gasteiger partial charge >= 0.3 is 0 Å². The van der Waals surface area contributed by atoms with E-state index in [-0.39, 0.29) is 12.5 Å². The fourth-order valence-electron chi connectivity index (χ4n) is 1.85. The zero-order valence-corrected chi connectivity index (χ0v) is 8.90. The molecule has 0 bridgehead atoms. The maximum atomic E-state index is 13.8. The summed E-state index contributed by atoms with van der Waals surface area (Å²) in [6.07, 6.45) is 0.272. The lowest BCUT2D eigenvalue weighted by atomic mass is 10.00. The number of aliphatic imine (C=N–C) groups is 1. The van der Waals surface area contributed by atoms with Crippen molar-refractivity contribution < 1.29 is 9.13 Å². The maximum Gasteiger partial charge on any atom is 0.249 e. The van der Waals surface area contributed by atoms with Crippen molar-refractivity contribution in [2.45, 2.75) is 32.2 Å². The third-order valence-electron chi connectivity index (χ3n) is 2.44. The van der Waals surface area contributed by atoms with Gasteiger partial charge in [-0.2, -0.15) is 4.39 Å². The molecule has 15 heavy (non-hydrogen) atoms. The van der Waals surface area contributed by atoms with Crippen LogP contribution in [0.1, 0.15) is 31.9 Å². The molecule has 0 spiro atoms. The Bertz CT molecular complexity index is 372. The van der Waals surface area contributed by atoms with E-state index in [4.69, 9.17) is 4.74 Å². The lowest BCUT2D eigenvalue weighted by molar-refractivity contribution is -0.0781. The normalized spacial score (nSPS) is 30.6. The number of hydrogen-bond acceptors (Lipinski definition) is 2. The molecule has 0 fully saturated rings. The van der Waals surface area contributed by atoms with Gasteiger partial charge in [-0.25, -0.2) is 4.99 Å². The summed E-state index contributed by atoms with van der Waals surface area (Å²) < 4.78 is 18.8. The quantitative estimate of drug-likeness (QED) is 0.692. The number of alkyl halides is 1. The van der Waals surface area contributed by atoms with Gasteiger partial charge < -0.3 is 4.74 Å². The zero-order valence-electron chi connectivity index (χ0n) is 8.90. The Morgan fingerprint density at radius 3 is 2.67 bits per heavy atom. The lowest BCUT2D eigenvalue weighted by Gasteiger charge is -2.30. The summed E-state index contributed by atoms with van der Waals surface area (Å²) in [6.45, 7) is 3.13. The number of rotatable bonds is 1. The van der Waals surface area contributed by atoms with E-state index in [0.717, 1.165) is 5.56 Å². The van der Waals surface area contributed by atoms with Crippen LogP contribution in [0.5, 0.6) is 0 Å².